The fraction of sp³-hybridized carbons (Fsp3) is 0.250. The molecule has 0 spiro atoms. The minimum atomic E-state index is -0.238. The van der Waals surface area contributed by atoms with Crippen LogP contribution in [0, 0.1) is 0 Å². The minimum absolute atomic E-state index is 0.174. The second-order valence-electron chi connectivity index (χ2n) is 7.27. The van der Waals surface area contributed by atoms with E-state index >= 15 is 0 Å². The average molecular weight is 424 g/mol. The molecule has 3 rings (SSSR count). The van der Waals surface area contributed by atoms with Crippen LogP contribution in [0.5, 0.6) is 5.75 Å². The predicted octanol–water partition coefficient (Wildman–Crippen LogP) is 5.04. The van der Waals surface area contributed by atoms with Gasteiger partial charge < -0.3 is 15.4 Å². The Labute approximate surface area is 182 Å². The molecule has 0 fully saturated rings. The van der Waals surface area contributed by atoms with Gasteiger partial charge in [0, 0.05) is 25.0 Å². The summed E-state index contributed by atoms with van der Waals surface area (Å²) in [5, 5.41) is 0.174. The maximum atomic E-state index is 12.9. The molecule has 156 valence electrons. The van der Waals surface area contributed by atoms with Crippen LogP contribution in [-0.4, -0.2) is 24.0 Å². The van der Waals surface area contributed by atoms with Crippen molar-refractivity contribution in [1.82, 2.24) is 4.98 Å². The van der Waals surface area contributed by atoms with Crippen molar-refractivity contribution in [3.8, 4) is 5.75 Å². The number of nitrogens with zero attached hydrogens (tertiary/aromatic N) is 2. The molecule has 1 aromatic heterocycles. The molecule has 0 aliphatic carbocycles. The van der Waals surface area contributed by atoms with Crippen LogP contribution in [0.2, 0.25) is 5.15 Å². The Bertz CT molecular complexity index is 973. The van der Waals surface area contributed by atoms with E-state index in [1.54, 1.807) is 23.2 Å². The topological polar surface area (TPSA) is 68.5 Å². The highest BCUT2D eigenvalue weighted by Crippen LogP contribution is 2.24. The number of amides is 1. The lowest BCUT2D eigenvalue weighted by Gasteiger charge is -2.23. The van der Waals surface area contributed by atoms with Crippen LogP contribution in [-0.2, 0) is 6.61 Å². The van der Waals surface area contributed by atoms with E-state index in [1.165, 1.54) is 5.56 Å². The van der Waals surface area contributed by atoms with Gasteiger partial charge in [-0.15, -0.1) is 0 Å². The van der Waals surface area contributed by atoms with Crippen LogP contribution in [0.1, 0.15) is 41.3 Å². The molecule has 3 aromatic rings. The molecule has 5 nitrogen and oxygen atoms in total. The quantitative estimate of drug-likeness (QED) is 0.515. The van der Waals surface area contributed by atoms with Crippen LogP contribution in [0.4, 0.5) is 5.69 Å². The van der Waals surface area contributed by atoms with Gasteiger partial charge in [0.2, 0.25) is 0 Å². The second-order valence-corrected chi connectivity index (χ2v) is 7.62. The van der Waals surface area contributed by atoms with Crippen LogP contribution in [0.15, 0.2) is 66.9 Å². The highest BCUT2D eigenvalue weighted by atomic mass is 35.5. The van der Waals surface area contributed by atoms with Crippen molar-refractivity contribution in [3.63, 3.8) is 0 Å². The number of nitrogens with two attached hydrogens (primary N) is 1. The smallest absolute Gasteiger partial charge is 0.261 e. The maximum Gasteiger partial charge on any atom is 0.261 e. The highest BCUT2D eigenvalue weighted by molar-refractivity contribution is 6.33. The first-order chi connectivity index (χ1) is 14.5. The summed E-state index contributed by atoms with van der Waals surface area (Å²) in [4.78, 5) is 18.5. The summed E-state index contributed by atoms with van der Waals surface area (Å²) in [6, 6.07) is 19.2. The van der Waals surface area contributed by atoms with Crippen molar-refractivity contribution in [2.75, 3.05) is 18.0 Å². The number of benzene rings is 2. The van der Waals surface area contributed by atoms with Gasteiger partial charge in [-0.25, -0.2) is 4.98 Å². The van der Waals surface area contributed by atoms with Crippen LogP contribution >= 0.6 is 11.6 Å². The number of hydrogen-bond donors (Lipinski definition) is 1. The predicted molar refractivity (Wildman–Crippen MR) is 121 cm³/mol. The van der Waals surface area contributed by atoms with Gasteiger partial charge in [0.25, 0.3) is 5.91 Å². The Kier molecular flexibility index (Phi) is 7.44. The fourth-order valence-corrected chi connectivity index (χ4v) is 3.26. The summed E-state index contributed by atoms with van der Waals surface area (Å²) in [5.41, 5.74) is 9.20. The molecular weight excluding hydrogens is 398 g/mol. The highest BCUT2D eigenvalue weighted by Gasteiger charge is 2.20. The van der Waals surface area contributed by atoms with E-state index in [1.807, 2.05) is 24.3 Å². The van der Waals surface area contributed by atoms with E-state index in [0.29, 0.717) is 31.2 Å². The third-order valence-corrected chi connectivity index (χ3v) is 5.09. The van der Waals surface area contributed by atoms with E-state index in [0.717, 1.165) is 17.0 Å². The van der Waals surface area contributed by atoms with E-state index in [-0.39, 0.29) is 11.1 Å². The van der Waals surface area contributed by atoms with Crippen molar-refractivity contribution < 1.29 is 9.53 Å². The molecule has 2 N–H and O–H groups in total. The van der Waals surface area contributed by atoms with Gasteiger partial charge in [-0.2, -0.15) is 0 Å². The van der Waals surface area contributed by atoms with Crippen molar-refractivity contribution >= 4 is 23.2 Å². The molecule has 0 aliphatic heterocycles. The number of pyridine rings is 1. The number of ether oxygens (including phenoxy) is 1. The van der Waals surface area contributed by atoms with Crippen LogP contribution in [0.3, 0.4) is 0 Å². The van der Waals surface area contributed by atoms with Gasteiger partial charge in [0.1, 0.15) is 17.5 Å². The van der Waals surface area contributed by atoms with Gasteiger partial charge in [-0.05, 0) is 53.4 Å². The molecule has 1 amide bonds. The van der Waals surface area contributed by atoms with E-state index < -0.39 is 0 Å². The Balaban J connectivity index is 1.69. The van der Waals surface area contributed by atoms with E-state index in [9.17, 15) is 4.79 Å². The summed E-state index contributed by atoms with van der Waals surface area (Å²) in [6.07, 6.45) is 1.55. The molecule has 0 atom stereocenters. The monoisotopic (exact) mass is 423 g/mol. The Morgan fingerprint density at radius 2 is 1.80 bits per heavy atom. The maximum absolute atomic E-state index is 12.9. The lowest BCUT2D eigenvalue weighted by Crippen LogP contribution is -2.35. The van der Waals surface area contributed by atoms with E-state index in [4.69, 9.17) is 22.1 Å². The Hall–Kier alpha value is -2.89. The average Bonchev–Trinajstić information content (AvgIpc) is 2.77. The third kappa shape index (κ3) is 5.38. The zero-order valence-corrected chi connectivity index (χ0v) is 18.0. The van der Waals surface area contributed by atoms with Crippen molar-refractivity contribution in [2.24, 2.45) is 5.73 Å². The molecule has 0 bridgehead atoms. The summed E-state index contributed by atoms with van der Waals surface area (Å²) in [5.74, 6) is 0.997. The molecule has 30 heavy (non-hydrogen) atoms. The summed E-state index contributed by atoms with van der Waals surface area (Å²) in [7, 11) is 0. The molecule has 6 heteroatoms. The zero-order valence-electron chi connectivity index (χ0n) is 17.2. The SMILES string of the molecule is CC(C)c1ccc(COc2ccc(N(CCN)C(=O)c3cccnc3Cl)cc2)cc1. The van der Waals surface area contributed by atoms with Crippen molar-refractivity contribution in [2.45, 2.75) is 26.4 Å². The number of rotatable bonds is 8. The number of hydrogen-bond acceptors (Lipinski definition) is 4. The molecule has 0 saturated heterocycles. The molecule has 0 unspecified atom stereocenters. The fourth-order valence-electron chi connectivity index (χ4n) is 3.06. The van der Waals surface area contributed by atoms with Gasteiger partial charge in [-0.3, -0.25) is 4.79 Å². The van der Waals surface area contributed by atoms with Crippen molar-refractivity contribution in [3.05, 3.63) is 88.7 Å². The number of aromatic nitrogens is 1. The zero-order chi connectivity index (χ0) is 21.5. The summed E-state index contributed by atoms with van der Waals surface area (Å²) in [6.45, 7) is 5.52. The number of carbonyl (C=O) groups is 1. The third-order valence-electron chi connectivity index (χ3n) is 4.79. The number of halogens is 1. The summed E-state index contributed by atoms with van der Waals surface area (Å²) < 4.78 is 5.89. The number of anilines is 1. The van der Waals surface area contributed by atoms with Crippen LogP contribution < -0.4 is 15.4 Å². The van der Waals surface area contributed by atoms with Gasteiger partial charge in [0.15, 0.2) is 0 Å². The molecule has 0 saturated carbocycles. The summed E-state index contributed by atoms with van der Waals surface area (Å²) >= 11 is 6.09. The number of carbonyl (C=O) groups excluding carboxylic acids is 1. The molecule has 1 heterocycles. The van der Waals surface area contributed by atoms with Gasteiger partial charge in [-0.1, -0.05) is 49.7 Å². The van der Waals surface area contributed by atoms with Gasteiger partial charge in [0.05, 0.1) is 5.56 Å². The van der Waals surface area contributed by atoms with E-state index in [2.05, 4.69) is 43.1 Å². The first-order valence-electron chi connectivity index (χ1n) is 9.93. The standard InChI is InChI=1S/C24H26ClN3O2/c1-17(2)19-7-5-18(6-8-19)16-30-21-11-9-20(10-12-21)28(15-13-26)24(29)22-4-3-14-27-23(22)25/h3-12,14,17H,13,15-16,26H2,1-2H3. The molecule has 0 aliphatic rings. The Morgan fingerprint density at radius 1 is 1.10 bits per heavy atom. The largest absolute Gasteiger partial charge is 0.489 e. The normalized spacial score (nSPS) is 10.8. The molecule has 2 aromatic carbocycles. The molecule has 0 radical (unpaired) electrons. The molecular formula is C24H26ClN3O2. The van der Waals surface area contributed by atoms with Crippen molar-refractivity contribution in [1.29, 1.82) is 0 Å². The van der Waals surface area contributed by atoms with Gasteiger partial charge >= 0.3 is 0 Å². The minimum Gasteiger partial charge on any atom is -0.489 e. The first kappa shape index (κ1) is 21.8. The van der Waals surface area contributed by atoms with Crippen LogP contribution in [0.25, 0.3) is 0 Å². The lowest BCUT2D eigenvalue weighted by molar-refractivity contribution is 0.0987. The second kappa shape index (κ2) is 10.2. The Morgan fingerprint density at radius 3 is 2.40 bits per heavy atom. The lowest BCUT2D eigenvalue weighted by atomic mass is 10.0. The first-order valence-corrected chi connectivity index (χ1v) is 10.3.